The highest BCUT2D eigenvalue weighted by molar-refractivity contribution is 5.98. The van der Waals surface area contributed by atoms with E-state index in [1.807, 2.05) is 18.2 Å². The van der Waals surface area contributed by atoms with Crippen LogP contribution in [0.5, 0.6) is 0 Å². The van der Waals surface area contributed by atoms with Crippen LogP contribution in [0.1, 0.15) is 255 Å². The molecule has 8 nitrogen and oxygen atoms in total. The van der Waals surface area contributed by atoms with E-state index in [9.17, 15) is 19.5 Å². The first kappa shape index (κ1) is 53.7. The van der Waals surface area contributed by atoms with Crippen molar-refractivity contribution in [3.05, 3.63) is 35.4 Å². The Bertz CT molecular complexity index is 1190. The lowest BCUT2D eigenvalue weighted by Crippen LogP contribution is -2.38. The second-order valence-corrected chi connectivity index (χ2v) is 17.9. The Morgan fingerprint density at radius 3 is 1.57 bits per heavy atom. The fourth-order valence-corrected chi connectivity index (χ4v) is 8.56. The third kappa shape index (κ3) is 26.1. The Morgan fingerprint density at radius 2 is 1.03 bits per heavy atom. The summed E-state index contributed by atoms with van der Waals surface area (Å²) in [4.78, 5) is 42.2. The number of carbonyl (C=O) groups excluding carboxylic acids is 3. The highest BCUT2D eigenvalue weighted by Crippen LogP contribution is 2.31. The maximum absolute atomic E-state index is 13.1. The molecule has 0 aliphatic carbocycles. The minimum atomic E-state index is -0.883. The molecule has 0 saturated carbocycles. The molecule has 1 atom stereocenters. The number of nitrogens with zero attached hydrogens (tertiary/aromatic N) is 2. The molecule has 0 radical (unpaired) electrons. The molecule has 1 aromatic rings. The third-order valence-corrected chi connectivity index (χ3v) is 12.5. The largest absolute Gasteiger partial charge is 0.466 e. The topological polar surface area (TPSA) is 96.4 Å². The van der Waals surface area contributed by atoms with E-state index in [4.69, 9.17) is 9.47 Å². The van der Waals surface area contributed by atoms with Crippen LogP contribution in [-0.4, -0.2) is 71.6 Å². The standard InChI is InChI=1S/C52H92N2O6/c1-4-7-10-13-16-25-34-45-59-49(55)39-28-21-17-23-32-41-53(43-44-54-51(57)47-37-30-31-38-48(47)52(54)58)42-33-24-18-22-29-40-50(56)60-46(35-26-19-14-11-8-5-2)36-27-20-15-12-9-6-3/h30-31,37-38,46,51,57H,4-29,32-36,39-45H2,1-3H3. The molecule has 0 bridgehead atoms. The van der Waals surface area contributed by atoms with Crippen molar-refractivity contribution in [1.82, 2.24) is 9.80 Å². The van der Waals surface area contributed by atoms with E-state index in [2.05, 4.69) is 25.7 Å². The van der Waals surface area contributed by atoms with E-state index in [0.29, 0.717) is 37.1 Å². The second-order valence-electron chi connectivity index (χ2n) is 17.9. The molecule has 0 fully saturated rings. The van der Waals surface area contributed by atoms with Gasteiger partial charge in [0, 0.05) is 37.1 Å². The van der Waals surface area contributed by atoms with E-state index in [1.165, 1.54) is 96.3 Å². The zero-order valence-electron chi connectivity index (χ0n) is 39.2. The first-order chi connectivity index (χ1) is 29.4. The predicted octanol–water partition coefficient (Wildman–Crippen LogP) is 13.8. The number of hydrogen-bond donors (Lipinski definition) is 1. The second kappa shape index (κ2) is 37.1. The molecule has 0 aromatic heterocycles. The summed E-state index contributed by atoms with van der Waals surface area (Å²) in [5.74, 6) is -0.157. The zero-order valence-corrected chi connectivity index (χ0v) is 39.2. The minimum absolute atomic E-state index is 0.0114. The summed E-state index contributed by atoms with van der Waals surface area (Å²) in [6.07, 6.45) is 36.4. The molecular formula is C52H92N2O6. The van der Waals surface area contributed by atoms with Crippen LogP contribution in [0.25, 0.3) is 0 Å². The number of amides is 1. The van der Waals surface area contributed by atoms with Gasteiger partial charge in [0.2, 0.25) is 0 Å². The molecule has 1 aliphatic rings. The van der Waals surface area contributed by atoms with Crippen LogP contribution in [0.15, 0.2) is 24.3 Å². The fourth-order valence-electron chi connectivity index (χ4n) is 8.56. The van der Waals surface area contributed by atoms with Gasteiger partial charge in [-0.15, -0.1) is 0 Å². The van der Waals surface area contributed by atoms with Gasteiger partial charge in [-0.25, -0.2) is 0 Å². The summed E-state index contributed by atoms with van der Waals surface area (Å²) in [5, 5.41) is 10.9. The molecule has 60 heavy (non-hydrogen) atoms. The van der Waals surface area contributed by atoms with Crippen LogP contribution in [0, 0.1) is 0 Å². The van der Waals surface area contributed by atoms with Crippen LogP contribution in [0.4, 0.5) is 0 Å². The highest BCUT2D eigenvalue weighted by Gasteiger charge is 2.34. The van der Waals surface area contributed by atoms with Gasteiger partial charge in [0.15, 0.2) is 6.23 Å². The van der Waals surface area contributed by atoms with Crippen molar-refractivity contribution in [2.24, 2.45) is 0 Å². The number of unbranched alkanes of at least 4 members (excludes halogenated alkanes) is 24. The van der Waals surface area contributed by atoms with Crippen molar-refractivity contribution in [3.63, 3.8) is 0 Å². The monoisotopic (exact) mass is 841 g/mol. The molecule has 8 heteroatoms. The summed E-state index contributed by atoms with van der Waals surface area (Å²) in [7, 11) is 0. The lowest BCUT2D eigenvalue weighted by molar-refractivity contribution is -0.150. The van der Waals surface area contributed by atoms with E-state index in [0.717, 1.165) is 122 Å². The average molecular weight is 841 g/mol. The first-order valence-electron chi connectivity index (χ1n) is 25.6. The Labute approximate surface area is 368 Å². The van der Waals surface area contributed by atoms with Crippen molar-refractivity contribution < 1.29 is 29.0 Å². The van der Waals surface area contributed by atoms with Crippen molar-refractivity contribution in [2.75, 3.05) is 32.8 Å². The lowest BCUT2D eigenvalue weighted by Gasteiger charge is -2.27. The summed E-state index contributed by atoms with van der Waals surface area (Å²) >= 11 is 0. The van der Waals surface area contributed by atoms with Gasteiger partial charge in [0.1, 0.15) is 6.10 Å². The first-order valence-corrected chi connectivity index (χ1v) is 25.6. The molecule has 1 amide bonds. The van der Waals surface area contributed by atoms with Crippen LogP contribution in [0.2, 0.25) is 0 Å². The van der Waals surface area contributed by atoms with Crippen LogP contribution in [-0.2, 0) is 19.1 Å². The number of rotatable bonds is 42. The fraction of sp³-hybridized carbons (Fsp3) is 0.827. The average Bonchev–Trinajstić information content (AvgIpc) is 3.49. The van der Waals surface area contributed by atoms with E-state index in [1.54, 1.807) is 11.0 Å². The van der Waals surface area contributed by atoms with Gasteiger partial charge >= 0.3 is 11.9 Å². The molecule has 346 valence electrons. The van der Waals surface area contributed by atoms with Gasteiger partial charge in [-0.05, 0) is 76.9 Å². The van der Waals surface area contributed by atoms with Crippen molar-refractivity contribution in [2.45, 2.75) is 245 Å². The number of hydrogen-bond acceptors (Lipinski definition) is 7. The van der Waals surface area contributed by atoms with Crippen LogP contribution >= 0.6 is 0 Å². The molecule has 0 saturated heterocycles. The molecule has 1 heterocycles. The lowest BCUT2D eigenvalue weighted by atomic mass is 10.0. The van der Waals surface area contributed by atoms with E-state index in [-0.39, 0.29) is 23.9 Å². The maximum Gasteiger partial charge on any atom is 0.306 e. The number of esters is 2. The van der Waals surface area contributed by atoms with Crippen molar-refractivity contribution in [3.8, 4) is 0 Å². The Kier molecular flexibility index (Phi) is 33.2. The van der Waals surface area contributed by atoms with E-state index >= 15 is 0 Å². The van der Waals surface area contributed by atoms with E-state index < -0.39 is 6.23 Å². The summed E-state index contributed by atoms with van der Waals surface area (Å²) < 4.78 is 11.5. The van der Waals surface area contributed by atoms with Crippen LogP contribution in [0.3, 0.4) is 0 Å². The number of carbonyl (C=O) groups is 3. The Hall–Kier alpha value is -2.45. The van der Waals surface area contributed by atoms with Crippen LogP contribution < -0.4 is 0 Å². The van der Waals surface area contributed by atoms with Gasteiger partial charge in [-0.3, -0.25) is 14.4 Å². The quantitative estimate of drug-likeness (QED) is 0.0517. The van der Waals surface area contributed by atoms with Crippen molar-refractivity contribution in [1.29, 1.82) is 0 Å². The molecule has 2 rings (SSSR count). The molecule has 1 aromatic carbocycles. The highest BCUT2D eigenvalue weighted by atomic mass is 16.5. The molecule has 0 spiro atoms. The van der Waals surface area contributed by atoms with Gasteiger partial charge < -0.3 is 24.4 Å². The Morgan fingerprint density at radius 1 is 0.583 bits per heavy atom. The molecular weight excluding hydrogens is 749 g/mol. The zero-order chi connectivity index (χ0) is 43.3. The number of aliphatic hydroxyl groups excluding tert-OH is 1. The molecule has 1 aliphatic heterocycles. The summed E-state index contributed by atoms with van der Waals surface area (Å²) in [5.41, 5.74) is 1.30. The molecule has 1 N–H and O–H groups in total. The maximum atomic E-state index is 13.1. The Balaban J connectivity index is 1.69. The van der Waals surface area contributed by atoms with Gasteiger partial charge in [0.25, 0.3) is 5.91 Å². The van der Waals surface area contributed by atoms with Gasteiger partial charge in [-0.2, -0.15) is 0 Å². The smallest absolute Gasteiger partial charge is 0.306 e. The number of ether oxygens (including phenoxy) is 2. The third-order valence-electron chi connectivity index (χ3n) is 12.5. The number of fused-ring (bicyclic) bond motifs is 1. The number of benzene rings is 1. The van der Waals surface area contributed by atoms with Crippen molar-refractivity contribution >= 4 is 17.8 Å². The van der Waals surface area contributed by atoms with Gasteiger partial charge in [0.05, 0.1) is 6.61 Å². The predicted molar refractivity (Wildman–Crippen MR) is 249 cm³/mol. The summed E-state index contributed by atoms with van der Waals surface area (Å²) in [6.45, 7) is 10.4. The SMILES string of the molecule is CCCCCCCCCOC(=O)CCCCCCCN(CCCCCCCC(=O)OC(CCCCCCCC)CCCCCCCC)CCN1C(=O)c2ccccc2C1O. The minimum Gasteiger partial charge on any atom is -0.466 e. The van der Waals surface area contributed by atoms with Gasteiger partial charge in [-0.1, -0.05) is 180 Å². The normalized spacial score (nSPS) is 13.8. The summed E-state index contributed by atoms with van der Waals surface area (Å²) in [6, 6.07) is 7.38. The molecule has 1 unspecified atom stereocenters. The number of aliphatic hydroxyl groups is 1.